The Morgan fingerprint density at radius 1 is 1.20 bits per heavy atom. The molecule has 12 heteroatoms. The van der Waals surface area contributed by atoms with Gasteiger partial charge >= 0.3 is 0 Å². The average Bonchev–Trinajstić information content (AvgIpc) is 2.95. The molecular weight excluding hydrogens is 556 g/mol. The van der Waals surface area contributed by atoms with Crippen LogP contribution in [0.4, 0.5) is 5.69 Å². The van der Waals surface area contributed by atoms with Crippen LogP contribution in [0.2, 0.25) is 5.02 Å². The van der Waals surface area contributed by atoms with Crippen molar-refractivity contribution >= 4 is 39.1 Å². The van der Waals surface area contributed by atoms with E-state index in [0.717, 1.165) is 0 Å². The zero-order valence-corrected chi connectivity index (χ0v) is 23.9. The summed E-state index contributed by atoms with van der Waals surface area (Å²) in [6.07, 6.45) is 2.38. The summed E-state index contributed by atoms with van der Waals surface area (Å²) in [5.41, 5.74) is 0.966. The molecule has 0 radical (unpaired) electrons. The maximum Gasteiger partial charge on any atom is 0.258 e. The number of carbonyl (C=O) groups excluding carboxylic acids is 2. The van der Waals surface area contributed by atoms with Gasteiger partial charge < -0.3 is 20.1 Å². The van der Waals surface area contributed by atoms with E-state index in [1.54, 1.807) is 36.1 Å². The van der Waals surface area contributed by atoms with Crippen LogP contribution in [-0.2, 0) is 10.0 Å². The van der Waals surface area contributed by atoms with Gasteiger partial charge in [-0.2, -0.15) is 4.31 Å². The van der Waals surface area contributed by atoms with E-state index in [9.17, 15) is 23.1 Å². The lowest BCUT2D eigenvalue weighted by Crippen LogP contribution is -2.50. The molecule has 40 heavy (non-hydrogen) atoms. The first-order valence-electron chi connectivity index (χ1n) is 12.7. The standard InChI is InChI=1S/C28H31ClN4O6S/c1-18-15-33(19(2)17-34)28(36)24-14-22(31-27(35)20-10-12-30-13-11-20)6-9-25(24)39-26(18)16-32(3)40(37,38)23-7-4-21(29)5-8-23/h4-14,18-19,26,34H,15-17H2,1-3H3,(H,31,35)/t18-,19-,26+/m1/s1. The van der Waals surface area contributed by atoms with Crippen molar-refractivity contribution in [1.29, 1.82) is 0 Å². The number of nitrogens with one attached hydrogen (secondary N) is 1. The molecule has 1 aliphatic heterocycles. The van der Waals surface area contributed by atoms with Gasteiger partial charge in [0.2, 0.25) is 10.0 Å². The Hall–Kier alpha value is -3.51. The summed E-state index contributed by atoms with van der Waals surface area (Å²) in [7, 11) is -2.38. The van der Waals surface area contributed by atoms with Crippen LogP contribution in [0, 0.1) is 5.92 Å². The number of hydrogen-bond acceptors (Lipinski definition) is 7. The highest BCUT2D eigenvalue weighted by Gasteiger charge is 2.35. The number of aliphatic hydroxyl groups is 1. The van der Waals surface area contributed by atoms with Gasteiger partial charge in [-0.15, -0.1) is 0 Å². The van der Waals surface area contributed by atoms with Crippen LogP contribution in [0.1, 0.15) is 34.6 Å². The van der Waals surface area contributed by atoms with Crippen molar-refractivity contribution in [3.8, 4) is 5.75 Å². The molecule has 212 valence electrons. The molecule has 0 saturated carbocycles. The fourth-order valence-electron chi connectivity index (χ4n) is 4.36. The number of carbonyl (C=O) groups is 2. The summed E-state index contributed by atoms with van der Waals surface area (Å²) >= 11 is 5.93. The SMILES string of the molecule is C[C@@H]1CN([C@H](C)CO)C(=O)c2cc(NC(=O)c3ccncc3)ccc2O[C@H]1CN(C)S(=O)(=O)c1ccc(Cl)cc1. The molecule has 0 saturated heterocycles. The van der Waals surface area contributed by atoms with Crippen molar-refractivity contribution in [3.63, 3.8) is 0 Å². The number of fused-ring (bicyclic) bond motifs is 1. The number of ether oxygens (including phenoxy) is 1. The monoisotopic (exact) mass is 586 g/mol. The van der Waals surface area contributed by atoms with E-state index in [-0.39, 0.29) is 53.6 Å². The highest BCUT2D eigenvalue weighted by molar-refractivity contribution is 7.89. The third-order valence-electron chi connectivity index (χ3n) is 6.82. The first-order chi connectivity index (χ1) is 19.0. The Labute approximate surface area is 238 Å². The third kappa shape index (κ3) is 6.44. The zero-order chi connectivity index (χ0) is 29.0. The first kappa shape index (κ1) is 29.5. The van der Waals surface area contributed by atoms with E-state index in [1.807, 2.05) is 6.92 Å². The lowest BCUT2D eigenvalue weighted by atomic mass is 9.99. The quantitative estimate of drug-likeness (QED) is 0.413. The number of rotatable bonds is 8. The Bertz CT molecular complexity index is 1470. The molecular formula is C28H31ClN4O6S. The van der Waals surface area contributed by atoms with Gasteiger partial charge in [-0.05, 0) is 61.5 Å². The molecule has 0 spiro atoms. The van der Waals surface area contributed by atoms with Crippen molar-refractivity contribution in [2.45, 2.75) is 30.9 Å². The van der Waals surface area contributed by atoms with Gasteiger partial charge in [-0.3, -0.25) is 14.6 Å². The number of pyridine rings is 1. The van der Waals surface area contributed by atoms with Crippen LogP contribution in [-0.4, -0.2) is 78.4 Å². The van der Waals surface area contributed by atoms with Crippen LogP contribution in [0.5, 0.6) is 5.75 Å². The molecule has 2 heterocycles. The number of halogens is 1. The Morgan fingerprint density at radius 3 is 2.52 bits per heavy atom. The lowest BCUT2D eigenvalue weighted by Gasteiger charge is -2.38. The molecule has 2 aromatic carbocycles. The van der Waals surface area contributed by atoms with Gasteiger partial charge in [-0.25, -0.2) is 8.42 Å². The minimum Gasteiger partial charge on any atom is -0.488 e. The summed E-state index contributed by atoms with van der Waals surface area (Å²) in [6, 6.07) is 13.3. The van der Waals surface area contributed by atoms with Crippen LogP contribution in [0.3, 0.4) is 0 Å². The first-order valence-corrected chi connectivity index (χ1v) is 14.5. The normalized spacial score (nSPS) is 18.4. The second-order valence-electron chi connectivity index (χ2n) is 9.76. The summed E-state index contributed by atoms with van der Waals surface area (Å²) in [4.78, 5) is 31.9. The fourth-order valence-corrected chi connectivity index (χ4v) is 5.67. The molecule has 2 amide bonds. The van der Waals surface area contributed by atoms with Crippen LogP contribution >= 0.6 is 11.6 Å². The molecule has 0 aliphatic carbocycles. The van der Waals surface area contributed by atoms with Crippen molar-refractivity contribution in [2.75, 3.05) is 32.1 Å². The topological polar surface area (TPSA) is 129 Å². The van der Waals surface area contributed by atoms with Gasteiger partial charge in [0, 0.05) is 48.2 Å². The number of benzene rings is 2. The highest BCUT2D eigenvalue weighted by atomic mass is 35.5. The summed E-state index contributed by atoms with van der Waals surface area (Å²) in [6.45, 7) is 3.55. The van der Waals surface area contributed by atoms with Crippen molar-refractivity contribution in [1.82, 2.24) is 14.2 Å². The minimum atomic E-state index is -3.85. The predicted molar refractivity (Wildman–Crippen MR) is 151 cm³/mol. The van der Waals surface area contributed by atoms with E-state index in [2.05, 4.69) is 10.3 Å². The highest BCUT2D eigenvalue weighted by Crippen LogP contribution is 2.31. The number of aliphatic hydroxyl groups excluding tert-OH is 1. The zero-order valence-electron chi connectivity index (χ0n) is 22.3. The van der Waals surface area contributed by atoms with Gasteiger partial charge in [-0.1, -0.05) is 18.5 Å². The number of hydrogen-bond donors (Lipinski definition) is 2. The Morgan fingerprint density at radius 2 is 1.88 bits per heavy atom. The van der Waals surface area contributed by atoms with E-state index >= 15 is 0 Å². The number of nitrogens with zero attached hydrogens (tertiary/aromatic N) is 3. The Kier molecular flexibility index (Phi) is 9.09. The predicted octanol–water partition coefficient (Wildman–Crippen LogP) is 3.53. The maximum absolute atomic E-state index is 13.6. The minimum absolute atomic E-state index is 0.00162. The Balaban J connectivity index is 1.65. The van der Waals surface area contributed by atoms with Gasteiger partial charge in [0.25, 0.3) is 11.8 Å². The van der Waals surface area contributed by atoms with Crippen molar-refractivity contribution < 1.29 is 27.9 Å². The smallest absolute Gasteiger partial charge is 0.258 e. The molecule has 1 aliphatic rings. The van der Waals surface area contributed by atoms with E-state index in [4.69, 9.17) is 16.3 Å². The number of anilines is 1. The number of aromatic nitrogens is 1. The lowest BCUT2D eigenvalue weighted by molar-refractivity contribution is 0.0387. The molecule has 2 N–H and O–H groups in total. The van der Waals surface area contributed by atoms with Gasteiger partial charge in [0.15, 0.2) is 0 Å². The molecule has 3 atom stereocenters. The summed E-state index contributed by atoms with van der Waals surface area (Å²) in [5.74, 6) is -0.789. The number of sulfonamides is 1. The molecule has 0 unspecified atom stereocenters. The molecule has 0 bridgehead atoms. The molecule has 0 fully saturated rings. The van der Waals surface area contributed by atoms with Crippen LogP contribution < -0.4 is 10.1 Å². The average molecular weight is 587 g/mol. The fraction of sp³-hybridized carbons (Fsp3) is 0.321. The molecule has 1 aromatic heterocycles. The number of likely N-dealkylation sites (N-methyl/N-ethyl adjacent to an activating group) is 1. The molecule has 10 nitrogen and oxygen atoms in total. The maximum atomic E-state index is 13.6. The third-order valence-corrected chi connectivity index (χ3v) is 8.91. The van der Waals surface area contributed by atoms with Gasteiger partial charge in [0.1, 0.15) is 11.9 Å². The van der Waals surface area contributed by atoms with Crippen LogP contribution in [0.15, 0.2) is 71.9 Å². The van der Waals surface area contributed by atoms with Crippen LogP contribution in [0.25, 0.3) is 0 Å². The van der Waals surface area contributed by atoms with E-state index in [0.29, 0.717) is 16.3 Å². The van der Waals surface area contributed by atoms with Crippen molar-refractivity contribution in [3.05, 3.63) is 83.1 Å². The van der Waals surface area contributed by atoms with Gasteiger partial charge in [0.05, 0.1) is 29.7 Å². The largest absolute Gasteiger partial charge is 0.488 e. The second kappa shape index (κ2) is 12.3. The molecule has 3 aromatic rings. The molecule has 4 rings (SSSR count). The van der Waals surface area contributed by atoms with E-state index in [1.165, 1.54) is 54.1 Å². The van der Waals surface area contributed by atoms with Crippen molar-refractivity contribution in [2.24, 2.45) is 5.92 Å². The number of amides is 2. The second-order valence-corrected chi connectivity index (χ2v) is 12.2. The summed E-state index contributed by atoms with van der Waals surface area (Å²) < 4.78 is 34.0. The summed E-state index contributed by atoms with van der Waals surface area (Å²) in [5, 5.41) is 13.1. The van der Waals surface area contributed by atoms with E-state index < -0.39 is 22.2 Å².